The summed E-state index contributed by atoms with van der Waals surface area (Å²) in [5.74, 6) is 0.679. The van der Waals surface area contributed by atoms with E-state index in [0.717, 1.165) is 41.8 Å². The van der Waals surface area contributed by atoms with E-state index in [4.69, 9.17) is 4.74 Å². The zero-order valence-electron chi connectivity index (χ0n) is 15.3. The predicted octanol–water partition coefficient (Wildman–Crippen LogP) is 3.81. The monoisotopic (exact) mass is 354 g/mol. The Balaban J connectivity index is 1.51. The quantitative estimate of drug-likeness (QED) is 0.849. The second-order valence-corrected chi connectivity index (χ2v) is 7.59. The molecule has 26 heavy (non-hydrogen) atoms. The molecule has 0 unspecified atom stereocenters. The molecule has 4 rings (SSSR count). The van der Waals surface area contributed by atoms with Crippen molar-refractivity contribution in [3.05, 3.63) is 35.0 Å². The van der Waals surface area contributed by atoms with E-state index in [9.17, 15) is 9.59 Å². The summed E-state index contributed by atoms with van der Waals surface area (Å²) in [7, 11) is 1.39. The van der Waals surface area contributed by atoms with Crippen LogP contribution in [0.4, 0.5) is 0 Å². The number of ether oxygens (including phenoxy) is 1. The Bertz CT molecular complexity index is 833. The molecule has 1 saturated carbocycles. The number of aromatic nitrogens is 1. The van der Waals surface area contributed by atoms with Crippen molar-refractivity contribution in [2.45, 2.75) is 51.5 Å². The SMILES string of the molecule is COC(=O)c1ccc2[nH]c3c(c2c1)CN(C(=O)CCC1CCCC1)CC3. The highest BCUT2D eigenvalue weighted by Crippen LogP contribution is 2.31. The highest BCUT2D eigenvalue weighted by Gasteiger charge is 2.25. The molecule has 1 fully saturated rings. The lowest BCUT2D eigenvalue weighted by Crippen LogP contribution is -2.35. The van der Waals surface area contributed by atoms with Gasteiger partial charge in [0.15, 0.2) is 0 Å². The molecule has 1 N–H and O–H groups in total. The Morgan fingerprint density at radius 3 is 2.85 bits per heavy atom. The first-order chi connectivity index (χ1) is 12.7. The average Bonchev–Trinajstić information content (AvgIpc) is 3.31. The molecule has 5 heteroatoms. The van der Waals surface area contributed by atoms with Crippen molar-refractivity contribution in [3.63, 3.8) is 0 Å². The zero-order valence-corrected chi connectivity index (χ0v) is 15.3. The van der Waals surface area contributed by atoms with Gasteiger partial charge in [-0.25, -0.2) is 4.79 Å². The summed E-state index contributed by atoms with van der Waals surface area (Å²) in [5.41, 5.74) is 3.89. The maximum absolute atomic E-state index is 12.7. The van der Waals surface area contributed by atoms with E-state index in [-0.39, 0.29) is 11.9 Å². The smallest absolute Gasteiger partial charge is 0.337 e. The van der Waals surface area contributed by atoms with Crippen molar-refractivity contribution in [2.75, 3.05) is 13.7 Å². The molecule has 1 aromatic heterocycles. The molecule has 1 amide bonds. The number of carbonyl (C=O) groups is 2. The molecule has 2 aromatic rings. The standard InChI is InChI=1S/C21H26N2O3/c1-26-21(25)15-7-8-18-16(12-15)17-13-23(11-10-19(17)22-18)20(24)9-6-14-4-2-3-5-14/h7-8,12,14,22H,2-6,9-11,13H2,1H3. The van der Waals surface area contributed by atoms with Crippen LogP contribution in [0.25, 0.3) is 10.9 Å². The minimum Gasteiger partial charge on any atom is -0.465 e. The molecule has 0 radical (unpaired) electrons. The number of nitrogens with one attached hydrogen (secondary N) is 1. The van der Waals surface area contributed by atoms with Crippen LogP contribution in [0, 0.1) is 5.92 Å². The van der Waals surface area contributed by atoms with Gasteiger partial charge in [0.05, 0.1) is 12.7 Å². The number of H-pyrrole nitrogens is 1. The maximum Gasteiger partial charge on any atom is 0.337 e. The van der Waals surface area contributed by atoms with Crippen LogP contribution >= 0.6 is 0 Å². The van der Waals surface area contributed by atoms with Crippen molar-refractivity contribution >= 4 is 22.8 Å². The second-order valence-electron chi connectivity index (χ2n) is 7.59. The van der Waals surface area contributed by atoms with Gasteiger partial charge >= 0.3 is 5.97 Å². The molecule has 0 atom stereocenters. The van der Waals surface area contributed by atoms with Crippen LogP contribution in [-0.4, -0.2) is 35.4 Å². The number of hydrogen-bond donors (Lipinski definition) is 1. The van der Waals surface area contributed by atoms with Gasteiger partial charge in [0.1, 0.15) is 0 Å². The molecule has 138 valence electrons. The number of rotatable bonds is 4. The number of methoxy groups -OCH3 is 1. The molecule has 2 aliphatic rings. The normalized spacial score (nSPS) is 17.5. The second kappa shape index (κ2) is 7.14. The van der Waals surface area contributed by atoms with Crippen molar-refractivity contribution in [1.82, 2.24) is 9.88 Å². The topological polar surface area (TPSA) is 62.4 Å². The lowest BCUT2D eigenvalue weighted by atomic mass is 9.99. The fourth-order valence-corrected chi connectivity index (χ4v) is 4.46. The molecule has 1 aliphatic carbocycles. The van der Waals surface area contributed by atoms with Gasteiger partial charge in [-0.3, -0.25) is 4.79 Å². The van der Waals surface area contributed by atoms with E-state index in [1.807, 2.05) is 17.0 Å². The third kappa shape index (κ3) is 3.22. The first kappa shape index (κ1) is 17.1. The number of fused-ring (bicyclic) bond motifs is 3. The minimum atomic E-state index is -0.331. The van der Waals surface area contributed by atoms with Crippen LogP contribution in [0.15, 0.2) is 18.2 Å². The third-order valence-corrected chi connectivity index (χ3v) is 5.99. The van der Waals surface area contributed by atoms with Gasteiger partial charge in [0.25, 0.3) is 0 Å². The van der Waals surface area contributed by atoms with Gasteiger partial charge in [0, 0.05) is 48.1 Å². The Kier molecular flexibility index (Phi) is 4.70. The largest absolute Gasteiger partial charge is 0.465 e. The molecule has 1 aliphatic heterocycles. The summed E-state index contributed by atoms with van der Waals surface area (Å²) in [6, 6.07) is 5.58. The summed E-state index contributed by atoms with van der Waals surface area (Å²) >= 11 is 0. The molecule has 1 aromatic carbocycles. The highest BCUT2D eigenvalue weighted by atomic mass is 16.5. The summed E-state index contributed by atoms with van der Waals surface area (Å²) in [4.78, 5) is 29.9. The van der Waals surface area contributed by atoms with E-state index in [0.29, 0.717) is 18.5 Å². The number of aromatic amines is 1. The van der Waals surface area contributed by atoms with Crippen molar-refractivity contribution in [2.24, 2.45) is 5.92 Å². The Morgan fingerprint density at radius 1 is 1.27 bits per heavy atom. The van der Waals surface area contributed by atoms with Gasteiger partial charge in [-0.2, -0.15) is 0 Å². The predicted molar refractivity (Wildman–Crippen MR) is 100.0 cm³/mol. The van der Waals surface area contributed by atoms with Gasteiger partial charge in [-0.1, -0.05) is 25.7 Å². The van der Waals surface area contributed by atoms with Crippen LogP contribution in [0.1, 0.15) is 60.1 Å². The first-order valence-electron chi connectivity index (χ1n) is 9.65. The van der Waals surface area contributed by atoms with E-state index >= 15 is 0 Å². The summed E-state index contributed by atoms with van der Waals surface area (Å²) in [6.07, 6.45) is 7.75. The van der Waals surface area contributed by atoms with E-state index in [1.165, 1.54) is 38.5 Å². The Morgan fingerprint density at radius 2 is 2.08 bits per heavy atom. The van der Waals surface area contributed by atoms with E-state index in [1.54, 1.807) is 6.07 Å². The summed E-state index contributed by atoms with van der Waals surface area (Å²) in [6.45, 7) is 1.40. The van der Waals surface area contributed by atoms with Gasteiger partial charge in [-0.05, 0) is 30.5 Å². The van der Waals surface area contributed by atoms with E-state index in [2.05, 4.69) is 4.98 Å². The maximum atomic E-state index is 12.7. The van der Waals surface area contributed by atoms with Crippen LogP contribution in [-0.2, 0) is 22.5 Å². The first-order valence-corrected chi connectivity index (χ1v) is 9.65. The third-order valence-electron chi connectivity index (χ3n) is 5.99. The molecule has 2 heterocycles. The fourth-order valence-electron chi connectivity index (χ4n) is 4.46. The van der Waals surface area contributed by atoms with Crippen LogP contribution in [0.3, 0.4) is 0 Å². The van der Waals surface area contributed by atoms with Gasteiger partial charge < -0.3 is 14.6 Å². The van der Waals surface area contributed by atoms with Gasteiger partial charge in [-0.15, -0.1) is 0 Å². The molecule has 0 bridgehead atoms. The summed E-state index contributed by atoms with van der Waals surface area (Å²) in [5, 5.41) is 1.02. The highest BCUT2D eigenvalue weighted by molar-refractivity contribution is 5.96. The van der Waals surface area contributed by atoms with E-state index < -0.39 is 0 Å². The molecule has 0 saturated heterocycles. The number of carbonyl (C=O) groups excluding carboxylic acids is 2. The lowest BCUT2D eigenvalue weighted by Gasteiger charge is -2.27. The lowest BCUT2D eigenvalue weighted by molar-refractivity contribution is -0.132. The van der Waals surface area contributed by atoms with Gasteiger partial charge in [0.2, 0.25) is 5.91 Å². The average molecular weight is 354 g/mol. The minimum absolute atomic E-state index is 0.265. The Hall–Kier alpha value is -2.30. The zero-order chi connectivity index (χ0) is 18.1. The number of benzene rings is 1. The number of amides is 1. The summed E-state index contributed by atoms with van der Waals surface area (Å²) < 4.78 is 4.83. The molecule has 0 spiro atoms. The van der Waals surface area contributed by atoms with Crippen LogP contribution < -0.4 is 0 Å². The van der Waals surface area contributed by atoms with Crippen LogP contribution in [0.2, 0.25) is 0 Å². The van der Waals surface area contributed by atoms with Crippen molar-refractivity contribution < 1.29 is 14.3 Å². The van der Waals surface area contributed by atoms with Crippen molar-refractivity contribution in [3.8, 4) is 0 Å². The molecule has 5 nitrogen and oxygen atoms in total. The molecular formula is C21H26N2O3. The van der Waals surface area contributed by atoms with Crippen molar-refractivity contribution in [1.29, 1.82) is 0 Å². The number of hydrogen-bond acceptors (Lipinski definition) is 3. The number of nitrogens with zero attached hydrogens (tertiary/aromatic N) is 1. The fraction of sp³-hybridized carbons (Fsp3) is 0.524. The Labute approximate surface area is 153 Å². The molecular weight excluding hydrogens is 328 g/mol. The number of esters is 1. The van der Waals surface area contributed by atoms with Crippen LogP contribution in [0.5, 0.6) is 0 Å².